The minimum atomic E-state index is -0.265. The fourth-order valence-electron chi connectivity index (χ4n) is 2.77. The third kappa shape index (κ3) is 4.61. The average molecular weight is 362 g/mol. The lowest BCUT2D eigenvalue weighted by molar-refractivity contribution is 0.0955. The van der Waals surface area contributed by atoms with Crippen LogP contribution in [0.5, 0.6) is 5.75 Å². The molecule has 27 heavy (non-hydrogen) atoms. The fraction of sp³-hybridized carbons (Fsp3) is 0.190. The molecule has 1 aromatic heterocycles. The van der Waals surface area contributed by atoms with Crippen LogP contribution in [-0.2, 0) is 6.54 Å². The van der Waals surface area contributed by atoms with E-state index in [2.05, 4.69) is 15.6 Å². The van der Waals surface area contributed by atoms with Crippen molar-refractivity contribution in [2.75, 3.05) is 7.11 Å². The Labute approximate surface area is 158 Å². The van der Waals surface area contributed by atoms with E-state index in [0.717, 1.165) is 22.5 Å². The minimum Gasteiger partial charge on any atom is -0.496 e. The van der Waals surface area contributed by atoms with Crippen LogP contribution in [0.25, 0.3) is 0 Å². The number of benzene rings is 2. The van der Waals surface area contributed by atoms with Crippen molar-refractivity contribution in [2.24, 2.45) is 5.10 Å². The maximum atomic E-state index is 12.2. The van der Waals surface area contributed by atoms with Crippen molar-refractivity contribution in [2.45, 2.75) is 20.4 Å². The van der Waals surface area contributed by atoms with Gasteiger partial charge in [0.2, 0.25) is 0 Å². The maximum absolute atomic E-state index is 12.2. The van der Waals surface area contributed by atoms with Crippen LogP contribution in [0.2, 0.25) is 0 Å². The van der Waals surface area contributed by atoms with E-state index in [9.17, 15) is 4.79 Å². The Bertz CT molecular complexity index is 959. The van der Waals surface area contributed by atoms with Crippen molar-refractivity contribution >= 4 is 12.1 Å². The zero-order valence-electron chi connectivity index (χ0n) is 15.6. The number of nitrogens with one attached hydrogen (secondary N) is 1. The quantitative estimate of drug-likeness (QED) is 0.540. The van der Waals surface area contributed by atoms with Crippen molar-refractivity contribution in [3.05, 3.63) is 82.7 Å². The van der Waals surface area contributed by atoms with Crippen LogP contribution in [0.15, 0.2) is 59.7 Å². The number of hydrogen-bond acceptors (Lipinski definition) is 4. The lowest BCUT2D eigenvalue weighted by Gasteiger charge is -2.06. The van der Waals surface area contributed by atoms with Gasteiger partial charge in [0.1, 0.15) is 5.75 Å². The Morgan fingerprint density at radius 2 is 1.93 bits per heavy atom. The highest BCUT2D eigenvalue weighted by Gasteiger charge is 2.06. The molecule has 0 bridgehead atoms. The number of carbonyl (C=O) groups excluding carboxylic acids is 1. The highest BCUT2D eigenvalue weighted by molar-refractivity contribution is 5.95. The summed E-state index contributed by atoms with van der Waals surface area (Å²) in [4.78, 5) is 12.2. The van der Waals surface area contributed by atoms with E-state index in [4.69, 9.17) is 4.74 Å². The highest BCUT2D eigenvalue weighted by atomic mass is 16.5. The molecule has 0 atom stereocenters. The van der Waals surface area contributed by atoms with Crippen molar-refractivity contribution in [3.8, 4) is 5.75 Å². The largest absolute Gasteiger partial charge is 0.496 e. The maximum Gasteiger partial charge on any atom is 0.271 e. The number of hydrogen-bond donors (Lipinski definition) is 1. The van der Waals surface area contributed by atoms with Gasteiger partial charge in [0.15, 0.2) is 0 Å². The zero-order chi connectivity index (χ0) is 19.2. The number of amides is 1. The second kappa shape index (κ2) is 8.31. The Hall–Kier alpha value is -3.41. The molecule has 0 aliphatic carbocycles. The molecule has 0 radical (unpaired) electrons. The van der Waals surface area contributed by atoms with Gasteiger partial charge in [-0.05, 0) is 49.7 Å². The third-order valence-electron chi connectivity index (χ3n) is 4.16. The number of methoxy groups -OCH3 is 1. The van der Waals surface area contributed by atoms with Gasteiger partial charge in [-0.1, -0.05) is 24.3 Å². The number of aromatic nitrogens is 2. The van der Waals surface area contributed by atoms with E-state index >= 15 is 0 Å². The van der Waals surface area contributed by atoms with E-state index in [-0.39, 0.29) is 5.91 Å². The van der Waals surface area contributed by atoms with Gasteiger partial charge >= 0.3 is 0 Å². The molecule has 6 nitrogen and oxygen atoms in total. The monoisotopic (exact) mass is 362 g/mol. The smallest absolute Gasteiger partial charge is 0.271 e. The summed E-state index contributed by atoms with van der Waals surface area (Å²) in [6.07, 6.45) is 1.56. The molecule has 0 saturated heterocycles. The number of carbonyl (C=O) groups is 1. The summed E-state index contributed by atoms with van der Waals surface area (Å²) >= 11 is 0. The van der Waals surface area contributed by atoms with Crippen LogP contribution >= 0.6 is 0 Å². The molecule has 1 N–H and O–H groups in total. The molecule has 3 rings (SSSR count). The van der Waals surface area contributed by atoms with Crippen LogP contribution < -0.4 is 10.2 Å². The SMILES string of the molecule is COc1ccccc1C=NNC(=O)c1ccc(Cn2nc(C)cc2C)cc1. The van der Waals surface area contributed by atoms with Crippen molar-refractivity contribution in [1.82, 2.24) is 15.2 Å². The van der Waals surface area contributed by atoms with Crippen LogP contribution in [0, 0.1) is 13.8 Å². The van der Waals surface area contributed by atoms with Crippen LogP contribution in [0.3, 0.4) is 0 Å². The average Bonchev–Trinajstić information content (AvgIpc) is 2.99. The first kappa shape index (κ1) is 18.4. The second-order valence-corrected chi connectivity index (χ2v) is 6.22. The molecular weight excluding hydrogens is 340 g/mol. The van der Waals surface area contributed by atoms with Crippen LogP contribution in [0.4, 0.5) is 0 Å². The van der Waals surface area contributed by atoms with Gasteiger partial charge in [0, 0.05) is 16.8 Å². The van der Waals surface area contributed by atoms with Crippen LogP contribution in [-0.4, -0.2) is 29.0 Å². The number of ether oxygens (including phenoxy) is 1. The highest BCUT2D eigenvalue weighted by Crippen LogP contribution is 2.14. The number of hydrazone groups is 1. The molecule has 0 spiro atoms. The summed E-state index contributed by atoms with van der Waals surface area (Å²) in [5, 5.41) is 8.47. The van der Waals surface area contributed by atoms with E-state index in [1.54, 1.807) is 25.5 Å². The zero-order valence-corrected chi connectivity index (χ0v) is 15.6. The Morgan fingerprint density at radius 3 is 2.59 bits per heavy atom. The first-order chi connectivity index (χ1) is 13.1. The lowest BCUT2D eigenvalue weighted by Crippen LogP contribution is -2.17. The number of para-hydroxylation sites is 1. The second-order valence-electron chi connectivity index (χ2n) is 6.22. The Morgan fingerprint density at radius 1 is 1.19 bits per heavy atom. The number of aryl methyl sites for hydroxylation is 2. The van der Waals surface area contributed by atoms with Gasteiger partial charge in [-0.2, -0.15) is 10.2 Å². The minimum absolute atomic E-state index is 0.265. The molecule has 6 heteroatoms. The van der Waals surface area contributed by atoms with E-state index in [0.29, 0.717) is 17.9 Å². The molecule has 0 aliphatic rings. The summed E-state index contributed by atoms with van der Waals surface area (Å²) in [7, 11) is 1.60. The van der Waals surface area contributed by atoms with Gasteiger partial charge < -0.3 is 4.74 Å². The fourth-order valence-corrected chi connectivity index (χ4v) is 2.77. The Kier molecular flexibility index (Phi) is 5.66. The summed E-state index contributed by atoms with van der Waals surface area (Å²) in [5.74, 6) is 0.433. The van der Waals surface area contributed by atoms with E-state index in [1.165, 1.54) is 0 Å². The summed E-state index contributed by atoms with van der Waals surface area (Å²) in [6.45, 7) is 4.68. The number of nitrogens with zero attached hydrogens (tertiary/aromatic N) is 3. The van der Waals surface area contributed by atoms with Gasteiger partial charge in [-0.15, -0.1) is 0 Å². The van der Waals surface area contributed by atoms with Crippen LogP contribution in [0.1, 0.15) is 32.9 Å². The first-order valence-electron chi connectivity index (χ1n) is 8.63. The first-order valence-corrected chi connectivity index (χ1v) is 8.63. The van der Waals surface area contributed by atoms with Crippen molar-refractivity contribution in [3.63, 3.8) is 0 Å². The topological polar surface area (TPSA) is 68.5 Å². The third-order valence-corrected chi connectivity index (χ3v) is 4.16. The molecule has 2 aromatic carbocycles. The van der Waals surface area contributed by atoms with E-state index < -0.39 is 0 Å². The van der Waals surface area contributed by atoms with Gasteiger partial charge in [-0.25, -0.2) is 5.43 Å². The van der Waals surface area contributed by atoms with Gasteiger partial charge in [0.25, 0.3) is 5.91 Å². The predicted octanol–water partition coefficient (Wildman–Crippen LogP) is 3.32. The normalized spacial score (nSPS) is 10.9. The molecule has 138 valence electrons. The molecule has 1 heterocycles. The summed E-state index contributed by atoms with van der Waals surface area (Å²) in [5.41, 5.74) is 7.06. The molecule has 0 aliphatic heterocycles. The molecule has 0 fully saturated rings. The van der Waals surface area contributed by atoms with Gasteiger partial charge in [0.05, 0.1) is 25.6 Å². The van der Waals surface area contributed by atoms with E-state index in [1.807, 2.05) is 61.0 Å². The standard InChI is InChI=1S/C21H22N4O2/c1-15-12-16(2)25(24-15)14-17-8-10-18(11-9-17)21(26)23-22-13-19-6-4-5-7-20(19)27-3/h4-13H,14H2,1-3H3,(H,23,26). The molecule has 0 unspecified atom stereocenters. The molecular formula is C21H22N4O2. The summed E-state index contributed by atoms with van der Waals surface area (Å²) in [6, 6.07) is 16.9. The number of rotatable bonds is 6. The molecule has 3 aromatic rings. The molecule has 1 amide bonds. The molecule has 0 saturated carbocycles. The van der Waals surface area contributed by atoms with Gasteiger partial charge in [-0.3, -0.25) is 9.48 Å². The lowest BCUT2D eigenvalue weighted by atomic mass is 10.1. The van der Waals surface area contributed by atoms with Crippen molar-refractivity contribution < 1.29 is 9.53 Å². The summed E-state index contributed by atoms with van der Waals surface area (Å²) < 4.78 is 7.19. The predicted molar refractivity (Wildman–Crippen MR) is 105 cm³/mol. The van der Waals surface area contributed by atoms with Crippen molar-refractivity contribution in [1.29, 1.82) is 0 Å². The Balaban J connectivity index is 1.62.